The molecule has 0 unspecified atom stereocenters. The van der Waals surface area contributed by atoms with Gasteiger partial charge in [0.2, 0.25) is 5.95 Å². The maximum Gasteiger partial charge on any atom is 0.250 e. The molecule has 2 aromatic carbocycles. The Morgan fingerprint density at radius 3 is 2.75 bits per heavy atom. The van der Waals surface area contributed by atoms with Gasteiger partial charge >= 0.3 is 0 Å². The van der Waals surface area contributed by atoms with Gasteiger partial charge in [-0.2, -0.15) is 4.98 Å². The molecule has 4 N–H and O–H groups in total. The van der Waals surface area contributed by atoms with E-state index in [9.17, 15) is 4.79 Å². The van der Waals surface area contributed by atoms with Crippen LogP contribution in [-0.2, 0) is 11.2 Å². The van der Waals surface area contributed by atoms with Crippen molar-refractivity contribution >= 4 is 40.6 Å². The number of carbonyl (C=O) groups excluding carboxylic acids is 1. The third-order valence-electron chi connectivity index (χ3n) is 5.19. The molecule has 0 saturated carbocycles. The third-order valence-corrected chi connectivity index (χ3v) is 5.47. The van der Waals surface area contributed by atoms with Crippen LogP contribution in [0.1, 0.15) is 15.9 Å². The van der Waals surface area contributed by atoms with Crippen molar-refractivity contribution < 1.29 is 9.53 Å². The van der Waals surface area contributed by atoms with E-state index in [0.29, 0.717) is 28.0 Å². The second kappa shape index (κ2) is 10.4. The first kappa shape index (κ1) is 22.0. The molecule has 8 nitrogen and oxygen atoms in total. The van der Waals surface area contributed by atoms with Crippen LogP contribution in [0, 0.1) is 0 Å². The number of hydrogen-bond donors (Lipinski definition) is 3. The van der Waals surface area contributed by atoms with E-state index in [0.717, 1.165) is 45.0 Å². The molecule has 166 valence electrons. The number of amides is 1. The number of ether oxygens (including phenoxy) is 1. The zero-order valence-corrected chi connectivity index (χ0v) is 18.3. The van der Waals surface area contributed by atoms with Gasteiger partial charge < -0.3 is 21.1 Å². The van der Waals surface area contributed by atoms with Crippen LogP contribution < -0.4 is 16.4 Å². The normalized spacial score (nSPS) is 14.2. The third kappa shape index (κ3) is 5.73. The van der Waals surface area contributed by atoms with Crippen molar-refractivity contribution in [3.63, 3.8) is 0 Å². The Bertz CT molecular complexity index is 1090. The highest BCUT2D eigenvalue weighted by molar-refractivity contribution is 6.33. The topological polar surface area (TPSA) is 105 Å². The van der Waals surface area contributed by atoms with Crippen molar-refractivity contribution in [2.45, 2.75) is 6.42 Å². The number of carbonyl (C=O) groups is 1. The zero-order valence-electron chi connectivity index (χ0n) is 17.6. The van der Waals surface area contributed by atoms with Gasteiger partial charge in [0.05, 0.1) is 30.7 Å². The van der Waals surface area contributed by atoms with Crippen LogP contribution in [0.2, 0.25) is 5.02 Å². The summed E-state index contributed by atoms with van der Waals surface area (Å²) in [6.07, 6.45) is 2.46. The number of para-hydroxylation sites is 1. The average Bonchev–Trinajstić information content (AvgIpc) is 2.81. The summed E-state index contributed by atoms with van der Waals surface area (Å²) in [5.74, 6) is 0.227. The Balaban J connectivity index is 1.45. The lowest BCUT2D eigenvalue weighted by Crippen LogP contribution is -2.37. The Morgan fingerprint density at radius 2 is 1.94 bits per heavy atom. The summed E-state index contributed by atoms with van der Waals surface area (Å²) < 4.78 is 5.41. The molecule has 1 aromatic heterocycles. The van der Waals surface area contributed by atoms with E-state index < -0.39 is 5.91 Å². The summed E-state index contributed by atoms with van der Waals surface area (Å²) in [4.78, 5) is 22.8. The van der Waals surface area contributed by atoms with Crippen molar-refractivity contribution in [1.82, 2.24) is 14.9 Å². The number of benzene rings is 2. The first-order valence-electron chi connectivity index (χ1n) is 10.4. The molecular weight excluding hydrogens is 428 g/mol. The minimum absolute atomic E-state index is 0.328. The highest BCUT2D eigenvalue weighted by Gasteiger charge is 2.12. The van der Waals surface area contributed by atoms with E-state index in [-0.39, 0.29) is 0 Å². The van der Waals surface area contributed by atoms with Crippen LogP contribution in [-0.4, -0.2) is 53.6 Å². The number of nitrogens with one attached hydrogen (secondary N) is 2. The lowest BCUT2D eigenvalue weighted by atomic mass is 10.1. The number of anilines is 4. The number of rotatable bonds is 8. The molecule has 9 heteroatoms. The number of aromatic nitrogens is 2. The number of primary amides is 1. The zero-order chi connectivity index (χ0) is 22.3. The molecule has 1 aliphatic rings. The number of morpholine rings is 1. The van der Waals surface area contributed by atoms with Crippen LogP contribution in [0.15, 0.2) is 54.7 Å². The SMILES string of the molecule is NC(=O)c1ccccc1Nc1nc(Nc2cccc(CCN3CCOCC3)c2)ncc1Cl. The molecular formula is C23H25ClN6O2. The molecule has 4 rings (SSSR count). The van der Waals surface area contributed by atoms with E-state index in [1.807, 2.05) is 12.1 Å². The van der Waals surface area contributed by atoms with Gasteiger partial charge in [-0.25, -0.2) is 4.98 Å². The fourth-order valence-corrected chi connectivity index (χ4v) is 3.63. The van der Waals surface area contributed by atoms with Crippen molar-refractivity contribution in [2.75, 3.05) is 43.5 Å². The highest BCUT2D eigenvalue weighted by Crippen LogP contribution is 2.27. The summed E-state index contributed by atoms with van der Waals surface area (Å²) in [6.45, 7) is 4.56. The van der Waals surface area contributed by atoms with E-state index in [2.05, 4.69) is 37.6 Å². The largest absolute Gasteiger partial charge is 0.379 e. The van der Waals surface area contributed by atoms with Crippen LogP contribution in [0.25, 0.3) is 0 Å². The first-order chi connectivity index (χ1) is 15.6. The molecule has 3 aromatic rings. The number of nitrogens with two attached hydrogens (primary N) is 1. The molecule has 0 spiro atoms. The molecule has 2 heterocycles. The summed E-state index contributed by atoms with van der Waals surface area (Å²) in [6, 6.07) is 15.1. The monoisotopic (exact) mass is 452 g/mol. The smallest absolute Gasteiger partial charge is 0.250 e. The van der Waals surface area contributed by atoms with Gasteiger partial charge in [0.25, 0.3) is 5.91 Å². The summed E-state index contributed by atoms with van der Waals surface area (Å²) in [7, 11) is 0. The number of halogens is 1. The highest BCUT2D eigenvalue weighted by atomic mass is 35.5. The first-order valence-corrected chi connectivity index (χ1v) is 10.8. The van der Waals surface area contributed by atoms with Crippen LogP contribution in [0.5, 0.6) is 0 Å². The lowest BCUT2D eigenvalue weighted by molar-refractivity contribution is 0.0384. The molecule has 1 fully saturated rings. The van der Waals surface area contributed by atoms with E-state index in [4.69, 9.17) is 22.1 Å². The fourth-order valence-electron chi connectivity index (χ4n) is 3.50. The Labute approximate surface area is 191 Å². The van der Waals surface area contributed by atoms with Gasteiger partial charge in [-0.15, -0.1) is 0 Å². The molecule has 1 aliphatic heterocycles. The summed E-state index contributed by atoms with van der Waals surface area (Å²) in [5, 5.41) is 6.63. The predicted octanol–water partition coefficient (Wildman–Crippen LogP) is 3.59. The molecule has 0 radical (unpaired) electrons. The average molecular weight is 453 g/mol. The molecule has 0 bridgehead atoms. The van der Waals surface area contributed by atoms with Crippen LogP contribution >= 0.6 is 11.6 Å². The quantitative estimate of drug-likeness (QED) is 0.479. The second-order valence-corrected chi connectivity index (χ2v) is 7.86. The molecule has 32 heavy (non-hydrogen) atoms. The molecule has 1 saturated heterocycles. The summed E-state index contributed by atoms with van der Waals surface area (Å²) >= 11 is 6.28. The number of nitrogens with zero attached hydrogens (tertiary/aromatic N) is 3. The Kier molecular flexibility index (Phi) is 7.16. The Morgan fingerprint density at radius 1 is 1.12 bits per heavy atom. The van der Waals surface area contributed by atoms with Gasteiger partial charge in [-0.05, 0) is 36.2 Å². The van der Waals surface area contributed by atoms with Gasteiger partial charge in [0.15, 0.2) is 5.82 Å². The van der Waals surface area contributed by atoms with Crippen molar-refractivity contribution in [1.29, 1.82) is 0 Å². The Hall–Kier alpha value is -3.20. The summed E-state index contributed by atoms with van der Waals surface area (Å²) in [5.41, 5.74) is 8.45. The van der Waals surface area contributed by atoms with Crippen molar-refractivity contribution in [3.05, 3.63) is 70.9 Å². The minimum atomic E-state index is -0.537. The maximum absolute atomic E-state index is 11.7. The van der Waals surface area contributed by atoms with Gasteiger partial charge in [0, 0.05) is 25.3 Å². The molecule has 1 amide bonds. The fraction of sp³-hybridized carbons (Fsp3) is 0.261. The van der Waals surface area contributed by atoms with Crippen LogP contribution in [0.4, 0.5) is 23.1 Å². The number of hydrogen-bond acceptors (Lipinski definition) is 7. The van der Waals surface area contributed by atoms with Crippen LogP contribution in [0.3, 0.4) is 0 Å². The van der Waals surface area contributed by atoms with E-state index >= 15 is 0 Å². The van der Waals surface area contributed by atoms with Gasteiger partial charge in [-0.1, -0.05) is 35.9 Å². The lowest BCUT2D eigenvalue weighted by Gasteiger charge is -2.26. The van der Waals surface area contributed by atoms with Gasteiger partial charge in [-0.3, -0.25) is 9.69 Å². The standard InChI is InChI=1S/C23H25ClN6O2/c24-19-15-26-23(29-22(19)28-20-7-2-1-6-18(20)21(25)31)27-17-5-3-4-16(14-17)8-9-30-10-12-32-13-11-30/h1-7,14-15H,8-13H2,(H2,25,31)(H2,26,27,28,29). The maximum atomic E-state index is 11.7. The van der Waals surface area contributed by atoms with E-state index in [1.165, 1.54) is 11.8 Å². The van der Waals surface area contributed by atoms with Gasteiger partial charge in [0.1, 0.15) is 5.02 Å². The van der Waals surface area contributed by atoms with E-state index in [1.54, 1.807) is 24.3 Å². The predicted molar refractivity (Wildman–Crippen MR) is 126 cm³/mol. The molecule has 0 aliphatic carbocycles. The molecule has 0 atom stereocenters. The van der Waals surface area contributed by atoms with Crippen molar-refractivity contribution in [3.8, 4) is 0 Å². The minimum Gasteiger partial charge on any atom is -0.379 e. The van der Waals surface area contributed by atoms with Crippen molar-refractivity contribution in [2.24, 2.45) is 5.73 Å². The second-order valence-electron chi connectivity index (χ2n) is 7.45.